The number of fused-ring (bicyclic) bond motifs is 1. The fourth-order valence-electron chi connectivity index (χ4n) is 4.09. The van der Waals surface area contributed by atoms with Crippen LogP contribution in [0, 0.1) is 6.92 Å². The van der Waals surface area contributed by atoms with Crippen LogP contribution in [0.25, 0.3) is 0 Å². The number of nitrogens with zero attached hydrogens (tertiary/aromatic N) is 2. The van der Waals surface area contributed by atoms with Crippen LogP contribution in [-0.2, 0) is 6.42 Å². The number of ether oxygens (including phenoxy) is 1. The first-order valence-corrected chi connectivity index (χ1v) is 10.2. The Bertz CT molecular complexity index is 792. The molecule has 0 radical (unpaired) electrons. The molecule has 0 bridgehead atoms. The Morgan fingerprint density at radius 2 is 1.97 bits per heavy atom. The molecule has 0 saturated carbocycles. The number of aliphatic imine (C=N–C) groups is 1. The molecule has 2 aromatic rings. The summed E-state index contributed by atoms with van der Waals surface area (Å²) in [6, 6.07) is 12.6. The molecule has 0 aliphatic carbocycles. The lowest BCUT2D eigenvalue weighted by Crippen LogP contribution is -2.45. The molecule has 1 aromatic heterocycles. The normalized spacial score (nSPS) is 19.9. The van der Waals surface area contributed by atoms with Crippen molar-refractivity contribution < 1.29 is 9.15 Å². The summed E-state index contributed by atoms with van der Waals surface area (Å²) in [6.45, 7) is 5.72. The third-order valence-electron chi connectivity index (χ3n) is 5.57. The summed E-state index contributed by atoms with van der Waals surface area (Å²) in [4.78, 5) is 6.88. The first-order chi connectivity index (χ1) is 13.7. The lowest BCUT2D eigenvalue weighted by atomic mass is 10.1. The van der Waals surface area contributed by atoms with Crippen LogP contribution >= 0.6 is 24.0 Å². The minimum Gasteiger partial charge on any atom is -0.488 e. The van der Waals surface area contributed by atoms with Gasteiger partial charge in [-0.1, -0.05) is 18.2 Å². The minimum absolute atomic E-state index is 0. The van der Waals surface area contributed by atoms with E-state index in [9.17, 15) is 0 Å². The summed E-state index contributed by atoms with van der Waals surface area (Å²) in [6.07, 6.45) is 3.58. The zero-order valence-electron chi connectivity index (χ0n) is 17.2. The summed E-state index contributed by atoms with van der Waals surface area (Å²) >= 11 is 0. The number of furan rings is 1. The van der Waals surface area contributed by atoms with Crippen LogP contribution in [0.1, 0.15) is 36.0 Å². The maximum atomic E-state index is 6.01. The molecule has 2 N–H and O–H groups in total. The number of hydrogen-bond donors (Lipinski definition) is 2. The van der Waals surface area contributed by atoms with E-state index in [-0.39, 0.29) is 36.1 Å². The van der Waals surface area contributed by atoms with Crippen LogP contribution in [0.15, 0.2) is 45.8 Å². The molecule has 2 atom stereocenters. The van der Waals surface area contributed by atoms with Gasteiger partial charge in [-0.3, -0.25) is 9.89 Å². The van der Waals surface area contributed by atoms with Gasteiger partial charge in [0.1, 0.15) is 23.4 Å². The van der Waals surface area contributed by atoms with E-state index in [0.29, 0.717) is 0 Å². The standard InChI is InChI=1S/C22H30N4O2.HI/c1-16-9-10-21(27-16)19(26-11-5-6-12-26)15-25-22(23-2)24-14-18-13-17-7-3-4-8-20(17)28-18;/h3-4,7-10,18-19H,5-6,11-15H2,1-2H3,(H2,23,24,25);1H. The third kappa shape index (κ3) is 5.45. The number of likely N-dealkylation sites (tertiary alicyclic amines) is 1. The Hall–Kier alpha value is -1.74. The van der Waals surface area contributed by atoms with Crippen molar-refractivity contribution in [1.29, 1.82) is 0 Å². The molecule has 4 rings (SSSR count). The smallest absolute Gasteiger partial charge is 0.191 e. The molecule has 1 aromatic carbocycles. The predicted molar refractivity (Wildman–Crippen MR) is 126 cm³/mol. The van der Waals surface area contributed by atoms with E-state index in [0.717, 1.165) is 55.8 Å². The Labute approximate surface area is 190 Å². The molecule has 0 spiro atoms. The van der Waals surface area contributed by atoms with Gasteiger partial charge in [0.15, 0.2) is 5.96 Å². The quantitative estimate of drug-likeness (QED) is 0.354. The Kier molecular flexibility index (Phi) is 7.83. The van der Waals surface area contributed by atoms with Crippen molar-refractivity contribution in [2.24, 2.45) is 4.99 Å². The van der Waals surface area contributed by atoms with E-state index >= 15 is 0 Å². The Morgan fingerprint density at radius 3 is 2.66 bits per heavy atom. The highest BCUT2D eigenvalue weighted by atomic mass is 127. The van der Waals surface area contributed by atoms with Crippen molar-refractivity contribution in [2.75, 3.05) is 33.2 Å². The van der Waals surface area contributed by atoms with Crippen LogP contribution in [0.2, 0.25) is 0 Å². The molecule has 3 heterocycles. The van der Waals surface area contributed by atoms with Crippen molar-refractivity contribution >= 4 is 29.9 Å². The van der Waals surface area contributed by atoms with Crippen LogP contribution in [0.4, 0.5) is 0 Å². The molecule has 7 heteroatoms. The Morgan fingerprint density at radius 1 is 1.17 bits per heavy atom. The number of guanidine groups is 1. The summed E-state index contributed by atoms with van der Waals surface area (Å²) in [5.41, 5.74) is 1.28. The van der Waals surface area contributed by atoms with E-state index in [1.165, 1.54) is 18.4 Å². The van der Waals surface area contributed by atoms with Gasteiger partial charge in [-0.25, -0.2) is 0 Å². The van der Waals surface area contributed by atoms with Crippen molar-refractivity contribution in [2.45, 2.75) is 38.3 Å². The largest absolute Gasteiger partial charge is 0.488 e. The van der Waals surface area contributed by atoms with E-state index in [2.05, 4.69) is 38.7 Å². The fraction of sp³-hybridized carbons (Fsp3) is 0.500. The highest BCUT2D eigenvalue weighted by Crippen LogP contribution is 2.28. The van der Waals surface area contributed by atoms with Crippen LogP contribution in [0.5, 0.6) is 5.75 Å². The molecule has 0 amide bonds. The maximum Gasteiger partial charge on any atom is 0.191 e. The van der Waals surface area contributed by atoms with Crippen molar-refractivity contribution in [3.63, 3.8) is 0 Å². The number of para-hydroxylation sites is 1. The van der Waals surface area contributed by atoms with Gasteiger partial charge in [0.05, 0.1) is 12.6 Å². The number of rotatable bonds is 6. The average molecular weight is 510 g/mol. The second kappa shape index (κ2) is 10.3. The van der Waals surface area contributed by atoms with Crippen molar-refractivity contribution in [3.05, 3.63) is 53.5 Å². The zero-order chi connectivity index (χ0) is 19.3. The van der Waals surface area contributed by atoms with Crippen molar-refractivity contribution in [3.8, 4) is 5.75 Å². The SMILES string of the molecule is CN=C(NCC1Cc2ccccc2O1)NCC(c1ccc(C)o1)N1CCCC1.I. The highest BCUT2D eigenvalue weighted by Gasteiger charge is 2.26. The van der Waals surface area contributed by atoms with Crippen LogP contribution in [0.3, 0.4) is 0 Å². The zero-order valence-corrected chi connectivity index (χ0v) is 19.5. The summed E-state index contributed by atoms with van der Waals surface area (Å²) in [7, 11) is 1.81. The minimum atomic E-state index is 0. The molecule has 158 valence electrons. The van der Waals surface area contributed by atoms with Gasteiger partial charge in [-0.05, 0) is 56.6 Å². The molecule has 1 saturated heterocycles. The maximum absolute atomic E-state index is 6.01. The summed E-state index contributed by atoms with van der Waals surface area (Å²) in [5.74, 6) is 3.78. The lowest BCUT2D eigenvalue weighted by molar-refractivity contribution is 0.213. The van der Waals surface area contributed by atoms with Gasteiger partial charge in [-0.15, -0.1) is 24.0 Å². The number of benzene rings is 1. The molecule has 2 unspecified atom stereocenters. The molecule has 2 aliphatic heterocycles. The monoisotopic (exact) mass is 510 g/mol. The first kappa shape index (κ1) is 22.0. The van der Waals surface area contributed by atoms with Gasteiger partial charge in [0, 0.05) is 20.0 Å². The van der Waals surface area contributed by atoms with Gasteiger partial charge in [0.2, 0.25) is 0 Å². The van der Waals surface area contributed by atoms with E-state index < -0.39 is 0 Å². The summed E-state index contributed by atoms with van der Waals surface area (Å²) in [5, 5.41) is 6.89. The van der Waals surface area contributed by atoms with Crippen LogP contribution < -0.4 is 15.4 Å². The third-order valence-corrected chi connectivity index (χ3v) is 5.57. The first-order valence-electron chi connectivity index (χ1n) is 10.2. The second-order valence-electron chi connectivity index (χ2n) is 7.59. The van der Waals surface area contributed by atoms with E-state index in [1.54, 1.807) is 0 Å². The number of nitrogens with one attached hydrogen (secondary N) is 2. The molecular formula is C22H31IN4O2. The molecule has 2 aliphatic rings. The van der Waals surface area contributed by atoms with Crippen molar-refractivity contribution in [1.82, 2.24) is 15.5 Å². The van der Waals surface area contributed by atoms with Gasteiger partial charge in [0.25, 0.3) is 0 Å². The fourth-order valence-corrected chi connectivity index (χ4v) is 4.09. The van der Waals surface area contributed by atoms with Gasteiger partial charge < -0.3 is 19.8 Å². The van der Waals surface area contributed by atoms with Gasteiger partial charge >= 0.3 is 0 Å². The van der Waals surface area contributed by atoms with Crippen LogP contribution in [-0.4, -0.2) is 50.2 Å². The second-order valence-corrected chi connectivity index (χ2v) is 7.59. The van der Waals surface area contributed by atoms with Gasteiger partial charge in [-0.2, -0.15) is 0 Å². The Balaban J connectivity index is 0.00000240. The molecular weight excluding hydrogens is 479 g/mol. The van der Waals surface area contributed by atoms with E-state index in [1.807, 2.05) is 32.2 Å². The highest BCUT2D eigenvalue weighted by molar-refractivity contribution is 14.0. The molecule has 29 heavy (non-hydrogen) atoms. The number of hydrogen-bond acceptors (Lipinski definition) is 4. The number of aryl methyl sites for hydroxylation is 1. The lowest BCUT2D eigenvalue weighted by Gasteiger charge is -2.27. The molecule has 6 nitrogen and oxygen atoms in total. The predicted octanol–water partition coefficient (Wildman–Crippen LogP) is 3.51. The average Bonchev–Trinajstić information content (AvgIpc) is 3.45. The topological polar surface area (TPSA) is 62.0 Å². The van der Waals surface area contributed by atoms with E-state index in [4.69, 9.17) is 9.15 Å². The summed E-state index contributed by atoms with van der Waals surface area (Å²) < 4.78 is 12.0. The molecule has 1 fully saturated rings. The number of halogens is 1.